The first-order valence-electron chi connectivity index (χ1n) is 4.25. The zero-order valence-corrected chi connectivity index (χ0v) is 13.3. The molecule has 1 rings (SSSR count). The van der Waals surface area contributed by atoms with Gasteiger partial charge in [-0.1, -0.05) is 0 Å². The van der Waals surface area contributed by atoms with E-state index in [0.717, 1.165) is 0 Å². The third-order valence-corrected chi connectivity index (χ3v) is 8.73. The molecule has 2 atom stereocenters. The molecule has 0 aromatic heterocycles. The van der Waals surface area contributed by atoms with Gasteiger partial charge in [0.15, 0.2) is 0 Å². The van der Waals surface area contributed by atoms with Crippen molar-refractivity contribution in [3.05, 3.63) is 24.3 Å². The first kappa shape index (κ1) is 11.6. The van der Waals surface area contributed by atoms with Crippen molar-refractivity contribution in [2.45, 2.75) is 10.0 Å². The number of carbonyl (C=O) groups is 2. The number of aldehydes is 1. The normalized spacial score (nSPS) is 29.4. The van der Waals surface area contributed by atoms with Gasteiger partial charge in [-0.05, 0) is 0 Å². The Kier molecular flexibility index (Phi) is 4.01. The molecule has 0 heterocycles. The maximum absolute atomic E-state index is 10.7. The van der Waals surface area contributed by atoms with E-state index in [2.05, 4.69) is 0 Å². The van der Waals surface area contributed by atoms with E-state index < -0.39 is 34.1 Å². The Labute approximate surface area is 94.7 Å². The van der Waals surface area contributed by atoms with Gasteiger partial charge in [0.05, 0.1) is 0 Å². The fourth-order valence-electron chi connectivity index (χ4n) is 1.21. The maximum atomic E-state index is 10.7. The van der Waals surface area contributed by atoms with Crippen LogP contribution in [-0.4, -0.2) is 20.5 Å². The molecule has 5 heteroatoms. The fourth-order valence-corrected chi connectivity index (χ4v) is 5.45. The average Bonchev–Trinajstić information content (AvgIpc) is 2.16. The van der Waals surface area contributed by atoms with Crippen molar-refractivity contribution < 1.29 is 42.4 Å². The standard InChI is InChI=1S/C7H7O2.C2H4O2.Hg/c8-5-6-3-1-2-4-7(6)9;1-2(3)4;/h1-6,9H;1H3,(H,3,4);/q;;+1/p-1. The third kappa shape index (κ3) is 2.75. The quantitative estimate of drug-likeness (QED) is 0.558. The van der Waals surface area contributed by atoms with Crippen molar-refractivity contribution in [3.8, 4) is 0 Å². The Hall–Kier alpha value is -0.485. The van der Waals surface area contributed by atoms with Gasteiger partial charge >= 0.3 is 94.9 Å². The number of aliphatic hydroxyl groups is 1. The molecule has 0 aromatic carbocycles. The molecule has 4 nitrogen and oxygen atoms in total. The van der Waals surface area contributed by atoms with Gasteiger partial charge in [-0.3, -0.25) is 0 Å². The molecule has 0 bridgehead atoms. The Bertz CT molecular complexity index is 297. The predicted molar refractivity (Wildman–Crippen MR) is 44.5 cm³/mol. The van der Waals surface area contributed by atoms with E-state index in [9.17, 15) is 14.7 Å². The Morgan fingerprint density at radius 3 is 2.93 bits per heavy atom. The molecule has 1 N–H and O–H groups in total. The SMILES string of the molecule is CC(=O)[O][Hg][C]1(O)C=CC=CC1C=O. The van der Waals surface area contributed by atoms with Crippen LogP contribution in [0.5, 0.6) is 0 Å². The number of rotatable bonds is 3. The topological polar surface area (TPSA) is 63.6 Å². The van der Waals surface area contributed by atoms with E-state index in [1.807, 2.05) is 0 Å². The van der Waals surface area contributed by atoms with E-state index in [1.54, 1.807) is 24.3 Å². The van der Waals surface area contributed by atoms with Crippen LogP contribution >= 0.6 is 0 Å². The first-order chi connectivity index (χ1) is 6.58. The van der Waals surface area contributed by atoms with Crippen LogP contribution in [0.1, 0.15) is 6.92 Å². The number of hydrogen-bond acceptors (Lipinski definition) is 4. The molecule has 14 heavy (non-hydrogen) atoms. The van der Waals surface area contributed by atoms with Crippen molar-refractivity contribution in [1.29, 1.82) is 0 Å². The zero-order chi connectivity index (χ0) is 10.6. The zero-order valence-electron chi connectivity index (χ0n) is 7.84. The summed E-state index contributed by atoms with van der Waals surface area (Å²) in [5, 5.41) is 10.0. The Morgan fingerprint density at radius 2 is 2.36 bits per heavy atom. The number of carbonyl (C=O) groups excluding carboxylic acids is 2. The fraction of sp³-hybridized carbons (Fsp3) is 0.333. The van der Waals surface area contributed by atoms with Gasteiger partial charge in [0.2, 0.25) is 0 Å². The summed E-state index contributed by atoms with van der Waals surface area (Å²) < 4.78 is 3.73. The van der Waals surface area contributed by atoms with Crippen molar-refractivity contribution in [1.82, 2.24) is 0 Å². The molecule has 0 amide bonds. The van der Waals surface area contributed by atoms with Gasteiger partial charge in [0.1, 0.15) is 0 Å². The molecule has 0 saturated carbocycles. The van der Waals surface area contributed by atoms with E-state index in [0.29, 0.717) is 6.29 Å². The van der Waals surface area contributed by atoms with Crippen LogP contribution in [0.3, 0.4) is 0 Å². The summed E-state index contributed by atoms with van der Waals surface area (Å²) in [6, 6.07) is 0. The van der Waals surface area contributed by atoms with Gasteiger partial charge in [0.25, 0.3) is 0 Å². The van der Waals surface area contributed by atoms with Crippen LogP contribution in [0.15, 0.2) is 24.3 Å². The van der Waals surface area contributed by atoms with E-state index >= 15 is 0 Å². The van der Waals surface area contributed by atoms with Gasteiger partial charge in [-0.2, -0.15) is 0 Å². The van der Waals surface area contributed by atoms with Crippen LogP contribution in [-0.2, 0) is 37.3 Å². The molecule has 72 valence electrons. The van der Waals surface area contributed by atoms with Crippen LogP contribution in [0, 0.1) is 5.92 Å². The van der Waals surface area contributed by atoms with Gasteiger partial charge in [-0.15, -0.1) is 0 Å². The van der Waals surface area contributed by atoms with Gasteiger partial charge in [0, 0.05) is 0 Å². The number of hydrogen-bond donors (Lipinski definition) is 1. The predicted octanol–water partition coefficient (Wildman–Crippen LogP) is 0.177. The molecule has 0 aliphatic heterocycles. The Morgan fingerprint density at radius 1 is 1.64 bits per heavy atom. The van der Waals surface area contributed by atoms with Crippen molar-refractivity contribution in [2.75, 3.05) is 0 Å². The summed E-state index contributed by atoms with van der Waals surface area (Å²) in [5.41, 5.74) is 0. The van der Waals surface area contributed by atoms with Crippen molar-refractivity contribution >= 4 is 12.3 Å². The van der Waals surface area contributed by atoms with E-state index in [4.69, 9.17) is 2.64 Å². The molecule has 0 aromatic rings. The van der Waals surface area contributed by atoms with Crippen LogP contribution < -0.4 is 0 Å². The minimum absolute atomic E-state index is 0.382. The van der Waals surface area contributed by atoms with Crippen molar-refractivity contribution in [2.24, 2.45) is 5.92 Å². The first-order valence-corrected chi connectivity index (χ1v) is 9.25. The third-order valence-electron chi connectivity index (χ3n) is 2.04. The van der Waals surface area contributed by atoms with Crippen LogP contribution in [0.4, 0.5) is 0 Å². The number of allylic oxidation sites excluding steroid dienone is 2. The summed E-state index contributed by atoms with van der Waals surface area (Å²) in [6.07, 6.45) is 7.23. The minimum atomic E-state index is -2.28. The summed E-state index contributed by atoms with van der Waals surface area (Å²) in [4.78, 5) is 21.3. The monoisotopic (exact) mass is 384 g/mol. The Balaban J connectivity index is 2.70. The molecule has 2 unspecified atom stereocenters. The van der Waals surface area contributed by atoms with Gasteiger partial charge < -0.3 is 0 Å². The van der Waals surface area contributed by atoms with E-state index in [-0.39, 0.29) is 5.97 Å². The summed E-state index contributed by atoms with van der Waals surface area (Å²) in [7, 11) is 0. The molecular formula is C9H10HgO4. The van der Waals surface area contributed by atoms with Crippen LogP contribution in [0.2, 0.25) is 0 Å². The van der Waals surface area contributed by atoms with Crippen molar-refractivity contribution in [3.63, 3.8) is 0 Å². The molecule has 1 aliphatic carbocycles. The summed E-state index contributed by atoms with van der Waals surface area (Å²) in [6.45, 7) is 1.31. The molecule has 0 radical (unpaired) electrons. The average molecular weight is 383 g/mol. The summed E-state index contributed by atoms with van der Waals surface area (Å²) >= 11 is -2.28. The van der Waals surface area contributed by atoms with E-state index in [1.165, 1.54) is 6.92 Å². The van der Waals surface area contributed by atoms with Crippen LogP contribution in [0.25, 0.3) is 0 Å². The second kappa shape index (κ2) is 4.84. The second-order valence-electron chi connectivity index (χ2n) is 3.18. The van der Waals surface area contributed by atoms with Gasteiger partial charge in [-0.25, -0.2) is 0 Å². The molecule has 0 saturated heterocycles. The molecule has 1 aliphatic rings. The molecular weight excluding hydrogens is 373 g/mol. The second-order valence-corrected chi connectivity index (χ2v) is 9.83. The molecule has 0 spiro atoms. The molecule has 0 fully saturated rings. The summed E-state index contributed by atoms with van der Waals surface area (Å²) in [5.74, 6) is -0.943.